The molecular weight excluding hydrogens is 340 g/mol. The van der Waals surface area contributed by atoms with Gasteiger partial charge in [0.1, 0.15) is 11.3 Å². The second kappa shape index (κ2) is 9.83. The molecule has 1 fully saturated rings. The van der Waals surface area contributed by atoms with Gasteiger partial charge in [0, 0.05) is 39.2 Å². The number of imidazole rings is 1. The van der Waals surface area contributed by atoms with Crippen LogP contribution in [0.2, 0.25) is 0 Å². The van der Waals surface area contributed by atoms with Crippen LogP contribution in [0.1, 0.15) is 63.7 Å². The molecule has 1 atom stereocenters. The fraction of sp³-hybridized carbons (Fsp3) is 0.667. The molecule has 1 aliphatic rings. The van der Waals surface area contributed by atoms with Crippen LogP contribution in [0.15, 0.2) is 18.3 Å². The Balaban J connectivity index is 1.64. The highest BCUT2D eigenvalue weighted by atomic mass is 16.5. The number of likely N-dealkylation sites (tertiary alicyclic amines) is 1. The molecule has 1 aliphatic heterocycles. The van der Waals surface area contributed by atoms with Gasteiger partial charge in [0.05, 0.1) is 12.6 Å². The number of nitrogens with zero attached hydrogens (tertiary/aromatic N) is 4. The summed E-state index contributed by atoms with van der Waals surface area (Å²) in [5.74, 6) is 1.29. The Labute approximate surface area is 161 Å². The number of fused-ring (bicyclic) bond motifs is 1. The molecule has 1 amide bonds. The Kier molecular flexibility index (Phi) is 7.21. The van der Waals surface area contributed by atoms with Crippen LogP contribution in [-0.4, -0.2) is 52.1 Å². The summed E-state index contributed by atoms with van der Waals surface area (Å²) in [5, 5.41) is 0. The second-order valence-corrected chi connectivity index (χ2v) is 7.55. The van der Waals surface area contributed by atoms with E-state index in [1.165, 1.54) is 19.3 Å². The minimum atomic E-state index is 0.162. The largest absolute Gasteiger partial charge is 0.383 e. The number of hydrogen-bond donors (Lipinski definition) is 0. The summed E-state index contributed by atoms with van der Waals surface area (Å²) >= 11 is 0. The summed E-state index contributed by atoms with van der Waals surface area (Å²) in [6.07, 6.45) is 10.1. The third-order valence-corrected chi connectivity index (χ3v) is 5.37. The van der Waals surface area contributed by atoms with Crippen LogP contribution in [0.3, 0.4) is 0 Å². The molecule has 0 aliphatic carbocycles. The van der Waals surface area contributed by atoms with Gasteiger partial charge in [-0.1, -0.05) is 19.3 Å². The van der Waals surface area contributed by atoms with E-state index in [0.29, 0.717) is 18.9 Å². The van der Waals surface area contributed by atoms with E-state index in [2.05, 4.69) is 21.4 Å². The van der Waals surface area contributed by atoms with Gasteiger partial charge in [0.15, 0.2) is 5.65 Å². The molecule has 3 rings (SSSR count). The first-order valence-corrected chi connectivity index (χ1v) is 10.3. The molecule has 0 bridgehead atoms. The van der Waals surface area contributed by atoms with Crippen molar-refractivity contribution < 1.29 is 9.53 Å². The number of aromatic nitrogens is 3. The van der Waals surface area contributed by atoms with E-state index in [4.69, 9.17) is 9.72 Å². The van der Waals surface area contributed by atoms with Crippen LogP contribution in [0, 0.1) is 0 Å². The van der Waals surface area contributed by atoms with Crippen LogP contribution in [-0.2, 0) is 16.0 Å². The van der Waals surface area contributed by atoms with Gasteiger partial charge in [-0.15, -0.1) is 0 Å². The maximum absolute atomic E-state index is 12.6. The highest BCUT2D eigenvalue weighted by Gasteiger charge is 2.18. The van der Waals surface area contributed by atoms with Crippen molar-refractivity contribution in [1.82, 2.24) is 19.4 Å². The van der Waals surface area contributed by atoms with E-state index in [0.717, 1.165) is 55.8 Å². The van der Waals surface area contributed by atoms with Crippen LogP contribution in [0.5, 0.6) is 0 Å². The zero-order chi connectivity index (χ0) is 19.1. The summed E-state index contributed by atoms with van der Waals surface area (Å²) in [5.41, 5.74) is 1.80. The minimum absolute atomic E-state index is 0.162. The van der Waals surface area contributed by atoms with Gasteiger partial charge >= 0.3 is 0 Å². The van der Waals surface area contributed by atoms with Crippen molar-refractivity contribution in [1.29, 1.82) is 0 Å². The number of hydrogen-bond acceptors (Lipinski definition) is 4. The summed E-state index contributed by atoms with van der Waals surface area (Å²) < 4.78 is 7.50. The van der Waals surface area contributed by atoms with E-state index in [1.54, 1.807) is 13.3 Å². The number of carbonyl (C=O) groups is 1. The monoisotopic (exact) mass is 372 g/mol. The first-order valence-electron chi connectivity index (χ1n) is 10.3. The standard InChI is InChI=1S/C21H32N4O2/c1-17(16-27-2)25-19(23-18-10-9-13-22-21(18)25)11-8-12-20(26)24-14-6-4-3-5-7-15-24/h9-10,13,17H,3-8,11-12,14-16H2,1-2H3. The normalized spacial score (nSPS) is 16.9. The second-order valence-electron chi connectivity index (χ2n) is 7.55. The van der Waals surface area contributed by atoms with Crippen LogP contribution >= 0.6 is 0 Å². The Hall–Kier alpha value is -1.95. The van der Waals surface area contributed by atoms with Crippen LogP contribution in [0.4, 0.5) is 0 Å². The van der Waals surface area contributed by atoms with E-state index < -0.39 is 0 Å². The summed E-state index contributed by atoms with van der Waals surface area (Å²) in [6.45, 7) is 4.58. The highest BCUT2D eigenvalue weighted by Crippen LogP contribution is 2.21. The van der Waals surface area contributed by atoms with Gasteiger partial charge in [0.25, 0.3) is 0 Å². The third-order valence-electron chi connectivity index (χ3n) is 5.37. The predicted molar refractivity (Wildman–Crippen MR) is 107 cm³/mol. The highest BCUT2D eigenvalue weighted by molar-refractivity contribution is 5.76. The van der Waals surface area contributed by atoms with Crippen molar-refractivity contribution in [3.63, 3.8) is 0 Å². The molecule has 27 heavy (non-hydrogen) atoms. The Morgan fingerprint density at radius 1 is 1.22 bits per heavy atom. The van der Waals surface area contributed by atoms with Crippen molar-refractivity contribution in [2.75, 3.05) is 26.8 Å². The molecule has 2 aromatic rings. The molecule has 6 nitrogen and oxygen atoms in total. The van der Waals surface area contributed by atoms with Crippen molar-refractivity contribution >= 4 is 17.1 Å². The first kappa shape index (κ1) is 19.8. The van der Waals surface area contributed by atoms with Crippen molar-refractivity contribution in [2.24, 2.45) is 0 Å². The molecular formula is C21H32N4O2. The van der Waals surface area contributed by atoms with Crippen molar-refractivity contribution in [2.45, 2.75) is 64.3 Å². The SMILES string of the molecule is COCC(C)n1c(CCCC(=O)N2CCCCCCC2)nc2cccnc21. The molecule has 0 saturated carbocycles. The summed E-state index contributed by atoms with van der Waals surface area (Å²) in [6, 6.07) is 4.07. The minimum Gasteiger partial charge on any atom is -0.383 e. The zero-order valence-electron chi connectivity index (χ0n) is 16.7. The smallest absolute Gasteiger partial charge is 0.222 e. The lowest BCUT2D eigenvalue weighted by molar-refractivity contribution is -0.131. The van der Waals surface area contributed by atoms with Gasteiger partial charge in [-0.3, -0.25) is 4.79 Å². The molecule has 148 valence electrons. The molecule has 0 aromatic carbocycles. The van der Waals surface area contributed by atoms with E-state index in [-0.39, 0.29) is 6.04 Å². The fourth-order valence-electron chi connectivity index (χ4n) is 3.98. The fourth-order valence-corrected chi connectivity index (χ4v) is 3.98. The quantitative estimate of drug-likeness (QED) is 0.742. The van der Waals surface area contributed by atoms with E-state index in [1.807, 2.05) is 12.1 Å². The summed E-state index contributed by atoms with van der Waals surface area (Å²) in [7, 11) is 1.71. The number of methoxy groups -OCH3 is 1. The molecule has 1 saturated heterocycles. The van der Waals surface area contributed by atoms with Gasteiger partial charge in [-0.05, 0) is 38.3 Å². The van der Waals surface area contributed by atoms with Gasteiger partial charge in [0.2, 0.25) is 5.91 Å². The lowest BCUT2D eigenvalue weighted by Gasteiger charge is -2.25. The Morgan fingerprint density at radius 2 is 1.96 bits per heavy atom. The van der Waals surface area contributed by atoms with Gasteiger partial charge in [-0.2, -0.15) is 0 Å². The molecule has 1 unspecified atom stereocenters. The molecule has 2 aromatic heterocycles. The van der Waals surface area contributed by atoms with Gasteiger partial charge in [-0.25, -0.2) is 9.97 Å². The first-order chi connectivity index (χ1) is 13.2. The van der Waals surface area contributed by atoms with E-state index >= 15 is 0 Å². The maximum atomic E-state index is 12.6. The van der Waals surface area contributed by atoms with Crippen LogP contribution in [0.25, 0.3) is 11.2 Å². The number of rotatable bonds is 7. The number of pyridine rings is 1. The number of aryl methyl sites for hydroxylation is 1. The lowest BCUT2D eigenvalue weighted by atomic mass is 10.1. The molecule has 3 heterocycles. The average Bonchev–Trinajstić information content (AvgIpc) is 2.99. The number of carbonyl (C=O) groups excluding carboxylic acids is 1. The zero-order valence-corrected chi connectivity index (χ0v) is 16.7. The molecule has 0 N–H and O–H groups in total. The Bertz CT molecular complexity index is 735. The van der Waals surface area contributed by atoms with E-state index in [9.17, 15) is 4.79 Å². The predicted octanol–water partition coefficient (Wildman–Crippen LogP) is 3.75. The average molecular weight is 373 g/mol. The molecule has 0 radical (unpaired) electrons. The topological polar surface area (TPSA) is 60.2 Å². The summed E-state index contributed by atoms with van der Waals surface area (Å²) in [4.78, 5) is 24.0. The van der Waals surface area contributed by atoms with Crippen molar-refractivity contribution in [3.8, 4) is 0 Å². The Morgan fingerprint density at radius 3 is 2.70 bits per heavy atom. The number of ether oxygens (including phenoxy) is 1. The maximum Gasteiger partial charge on any atom is 0.222 e. The third kappa shape index (κ3) is 5.06. The van der Waals surface area contributed by atoms with Crippen LogP contribution < -0.4 is 0 Å². The van der Waals surface area contributed by atoms with Crippen molar-refractivity contribution in [3.05, 3.63) is 24.2 Å². The molecule has 0 spiro atoms. The molecule has 6 heteroatoms. The lowest BCUT2D eigenvalue weighted by Crippen LogP contribution is -2.33. The van der Waals surface area contributed by atoms with Gasteiger partial charge < -0.3 is 14.2 Å². The number of amides is 1.